The van der Waals surface area contributed by atoms with Crippen molar-refractivity contribution >= 4 is 9.84 Å². The molecule has 3 unspecified atom stereocenters. The van der Waals surface area contributed by atoms with Gasteiger partial charge in [0.05, 0.1) is 17.6 Å². The predicted octanol–water partition coefficient (Wildman–Crippen LogP) is 1.21. The number of hydrogen-bond acceptors (Lipinski definition) is 4. The quantitative estimate of drug-likeness (QED) is 0.838. The molecule has 0 aromatic heterocycles. The second-order valence-corrected chi connectivity index (χ2v) is 8.36. The molecule has 0 aromatic rings. The Kier molecular flexibility index (Phi) is 4.04. The summed E-state index contributed by atoms with van der Waals surface area (Å²) >= 11 is 0. The van der Waals surface area contributed by atoms with Crippen LogP contribution in [0.25, 0.3) is 0 Å². The molecule has 2 heterocycles. The zero-order chi connectivity index (χ0) is 13.4. The molecule has 2 saturated heterocycles. The van der Waals surface area contributed by atoms with E-state index < -0.39 is 9.84 Å². The van der Waals surface area contributed by atoms with Crippen LogP contribution in [0.3, 0.4) is 0 Å². The van der Waals surface area contributed by atoms with E-state index in [4.69, 9.17) is 4.74 Å². The van der Waals surface area contributed by atoms with Crippen LogP contribution in [-0.4, -0.2) is 45.2 Å². The number of rotatable bonds is 4. The molecule has 0 amide bonds. The van der Waals surface area contributed by atoms with Gasteiger partial charge in [-0.3, -0.25) is 0 Å². The molecule has 18 heavy (non-hydrogen) atoms. The highest BCUT2D eigenvalue weighted by Gasteiger charge is 2.50. The fourth-order valence-electron chi connectivity index (χ4n) is 3.35. The average molecular weight is 275 g/mol. The van der Waals surface area contributed by atoms with Crippen molar-refractivity contribution in [2.75, 3.05) is 24.7 Å². The minimum Gasteiger partial charge on any atom is -0.378 e. The summed E-state index contributed by atoms with van der Waals surface area (Å²) in [7, 11) is -2.82. The summed E-state index contributed by atoms with van der Waals surface area (Å²) in [5, 5.41) is 3.49. The van der Waals surface area contributed by atoms with Crippen LogP contribution in [0.1, 0.15) is 33.6 Å². The van der Waals surface area contributed by atoms with Crippen LogP contribution >= 0.6 is 0 Å². The van der Waals surface area contributed by atoms with E-state index in [1.54, 1.807) is 0 Å². The largest absolute Gasteiger partial charge is 0.378 e. The van der Waals surface area contributed by atoms with Gasteiger partial charge in [-0.2, -0.15) is 0 Å². The molecule has 4 nitrogen and oxygen atoms in total. The molecule has 5 heteroatoms. The van der Waals surface area contributed by atoms with Crippen LogP contribution in [0, 0.1) is 11.3 Å². The van der Waals surface area contributed by atoms with E-state index in [9.17, 15) is 8.42 Å². The lowest BCUT2D eigenvalue weighted by Crippen LogP contribution is -2.47. The maximum Gasteiger partial charge on any atom is 0.150 e. The summed E-state index contributed by atoms with van der Waals surface area (Å²) in [5.74, 6) is 0.958. The molecule has 0 aromatic carbocycles. The molecule has 2 fully saturated rings. The van der Waals surface area contributed by atoms with Crippen LogP contribution in [-0.2, 0) is 14.6 Å². The maximum absolute atomic E-state index is 11.7. The minimum absolute atomic E-state index is 0.00778. The Labute approximate surface area is 110 Å². The van der Waals surface area contributed by atoms with E-state index in [1.165, 1.54) is 0 Å². The van der Waals surface area contributed by atoms with E-state index in [1.807, 2.05) is 0 Å². The SMILES string of the molecule is CC(C)NCC1(C2CCS(=O)(=O)C2)CCOC1C. The Balaban J connectivity index is 2.15. The summed E-state index contributed by atoms with van der Waals surface area (Å²) in [6.07, 6.45) is 1.94. The topological polar surface area (TPSA) is 55.4 Å². The fraction of sp³-hybridized carbons (Fsp3) is 1.00. The maximum atomic E-state index is 11.7. The Hall–Kier alpha value is -0.130. The first-order valence-corrected chi connectivity index (χ1v) is 8.73. The summed E-state index contributed by atoms with van der Waals surface area (Å²) in [6.45, 7) is 7.97. The smallest absolute Gasteiger partial charge is 0.150 e. The van der Waals surface area contributed by atoms with Crippen molar-refractivity contribution in [1.82, 2.24) is 5.32 Å². The highest BCUT2D eigenvalue weighted by molar-refractivity contribution is 7.91. The number of hydrogen-bond donors (Lipinski definition) is 1. The number of ether oxygens (including phenoxy) is 1. The molecule has 0 bridgehead atoms. The number of sulfone groups is 1. The van der Waals surface area contributed by atoms with Gasteiger partial charge >= 0.3 is 0 Å². The monoisotopic (exact) mass is 275 g/mol. The van der Waals surface area contributed by atoms with Crippen molar-refractivity contribution < 1.29 is 13.2 Å². The highest BCUT2D eigenvalue weighted by atomic mass is 32.2. The number of nitrogens with one attached hydrogen (secondary N) is 1. The van der Waals surface area contributed by atoms with Gasteiger partial charge in [-0.15, -0.1) is 0 Å². The van der Waals surface area contributed by atoms with Gasteiger partial charge in [0.1, 0.15) is 0 Å². The molecule has 3 atom stereocenters. The third kappa shape index (κ3) is 2.73. The van der Waals surface area contributed by atoms with E-state index in [0.29, 0.717) is 17.5 Å². The molecule has 0 spiro atoms. The summed E-state index contributed by atoms with van der Waals surface area (Å²) < 4.78 is 29.2. The lowest BCUT2D eigenvalue weighted by Gasteiger charge is -2.38. The molecule has 0 aliphatic carbocycles. The van der Waals surface area contributed by atoms with Crippen molar-refractivity contribution in [3.8, 4) is 0 Å². The van der Waals surface area contributed by atoms with Crippen LogP contribution in [0.5, 0.6) is 0 Å². The molecule has 2 aliphatic heterocycles. The first-order valence-electron chi connectivity index (χ1n) is 6.91. The molecule has 2 rings (SSSR count). The lowest BCUT2D eigenvalue weighted by atomic mass is 9.70. The summed E-state index contributed by atoms with van der Waals surface area (Å²) in [5.41, 5.74) is 0.00778. The summed E-state index contributed by atoms with van der Waals surface area (Å²) in [4.78, 5) is 0. The molecular weight excluding hydrogens is 250 g/mol. The second kappa shape index (κ2) is 5.10. The second-order valence-electron chi connectivity index (χ2n) is 6.13. The van der Waals surface area contributed by atoms with Crippen molar-refractivity contribution in [3.05, 3.63) is 0 Å². The van der Waals surface area contributed by atoms with E-state index >= 15 is 0 Å². The Morgan fingerprint density at radius 3 is 2.61 bits per heavy atom. The first kappa shape index (κ1) is 14.3. The zero-order valence-electron chi connectivity index (χ0n) is 11.6. The Morgan fingerprint density at radius 1 is 1.44 bits per heavy atom. The zero-order valence-corrected chi connectivity index (χ0v) is 12.4. The van der Waals surface area contributed by atoms with Gasteiger partial charge in [0.25, 0.3) is 0 Å². The Bertz CT molecular complexity index is 393. The van der Waals surface area contributed by atoms with Gasteiger partial charge in [0.15, 0.2) is 9.84 Å². The fourth-order valence-corrected chi connectivity index (χ4v) is 5.27. The van der Waals surface area contributed by atoms with Crippen molar-refractivity contribution in [2.45, 2.75) is 45.8 Å². The van der Waals surface area contributed by atoms with Gasteiger partial charge < -0.3 is 10.1 Å². The van der Waals surface area contributed by atoms with Gasteiger partial charge in [0.2, 0.25) is 0 Å². The van der Waals surface area contributed by atoms with Gasteiger partial charge in [-0.1, -0.05) is 13.8 Å². The van der Waals surface area contributed by atoms with Gasteiger partial charge in [-0.25, -0.2) is 8.42 Å². The minimum atomic E-state index is -2.82. The van der Waals surface area contributed by atoms with Gasteiger partial charge in [-0.05, 0) is 25.7 Å². The first-order chi connectivity index (χ1) is 8.36. The normalized spacial score (nSPS) is 39.6. The Morgan fingerprint density at radius 2 is 2.17 bits per heavy atom. The van der Waals surface area contributed by atoms with Crippen molar-refractivity contribution in [3.63, 3.8) is 0 Å². The molecule has 1 N–H and O–H groups in total. The predicted molar refractivity (Wildman–Crippen MR) is 72.4 cm³/mol. The average Bonchev–Trinajstić information content (AvgIpc) is 2.80. The third-order valence-corrected chi connectivity index (χ3v) is 6.40. The van der Waals surface area contributed by atoms with Crippen molar-refractivity contribution in [2.24, 2.45) is 11.3 Å². The van der Waals surface area contributed by atoms with Crippen LogP contribution in [0.2, 0.25) is 0 Å². The molecule has 0 radical (unpaired) electrons. The van der Waals surface area contributed by atoms with E-state index in [-0.39, 0.29) is 17.4 Å². The third-order valence-electron chi connectivity index (χ3n) is 4.63. The van der Waals surface area contributed by atoms with E-state index in [2.05, 4.69) is 26.1 Å². The molecule has 2 aliphatic rings. The standard InChI is InChI=1S/C13H25NO3S/c1-10(2)14-9-13(5-6-17-11(13)3)12-4-7-18(15,16)8-12/h10-12,14H,4-9H2,1-3H3. The molecule has 106 valence electrons. The van der Waals surface area contributed by atoms with Crippen LogP contribution in [0.15, 0.2) is 0 Å². The van der Waals surface area contributed by atoms with E-state index in [0.717, 1.165) is 26.0 Å². The van der Waals surface area contributed by atoms with Crippen LogP contribution in [0.4, 0.5) is 0 Å². The molecular formula is C13H25NO3S. The van der Waals surface area contributed by atoms with Crippen LogP contribution < -0.4 is 5.32 Å². The van der Waals surface area contributed by atoms with Gasteiger partial charge in [0, 0.05) is 24.6 Å². The van der Waals surface area contributed by atoms with Crippen molar-refractivity contribution in [1.29, 1.82) is 0 Å². The molecule has 0 saturated carbocycles. The summed E-state index contributed by atoms with van der Waals surface area (Å²) in [6, 6.07) is 0.424. The highest BCUT2D eigenvalue weighted by Crippen LogP contribution is 2.46. The lowest BCUT2D eigenvalue weighted by molar-refractivity contribution is 0.0333.